The van der Waals surface area contributed by atoms with Crippen LogP contribution in [0.1, 0.15) is 26.3 Å². The monoisotopic (exact) mass is 341 g/mol. The summed E-state index contributed by atoms with van der Waals surface area (Å²) >= 11 is 3.14. The number of amides is 1. The van der Waals surface area contributed by atoms with Gasteiger partial charge in [-0.05, 0) is 32.8 Å². The first-order valence-electron chi connectivity index (χ1n) is 6.44. The van der Waals surface area contributed by atoms with E-state index in [0.717, 1.165) is 5.56 Å². The van der Waals surface area contributed by atoms with E-state index in [9.17, 15) is 9.59 Å². The van der Waals surface area contributed by atoms with Gasteiger partial charge in [0.05, 0.1) is 11.4 Å². The van der Waals surface area contributed by atoms with Gasteiger partial charge in [-0.15, -0.1) is 0 Å². The number of ether oxygens (including phenoxy) is 1. The van der Waals surface area contributed by atoms with E-state index >= 15 is 0 Å². The lowest BCUT2D eigenvalue weighted by Crippen LogP contribution is -2.45. The fraction of sp³-hybridized carbons (Fsp3) is 0.467. The van der Waals surface area contributed by atoms with Crippen molar-refractivity contribution in [2.24, 2.45) is 0 Å². The summed E-state index contributed by atoms with van der Waals surface area (Å²) in [5.41, 5.74) is 0.404. The molecule has 0 saturated heterocycles. The molecule has 1 N–H and O–H groups in total. The summed E-state index contributed by atoms with van der Waals surface area (Å²) in [5.74, 6) is -0.0836. The Morgan fingerprint density at radius 3 is 2.35 bits per heavy atom. The van der Waals surface area contributed by atoms with Crippen LogP contribution in [0.3, 0.4) is 0 Å². The van der Waals surface area contributed by atoms with Gasteiger partial charge in [0.2, 0.25) is 0 Å². The van der Waals surface area contributed by atoms with Gasteiger partial charge in [-0.25, -0.2) is 4.79 Å². The van der Waals surface area contributed by atoms with Crippen molar-refractivity contribution in [1.29, 1.82) is 0 Å². The Morgan fingerprint density at radius 1 is 1.25 bits per heavy atom. The number of ketones is 1. The normalized spacial score (nSPS) is 12.6. The third-order valence-electron chi connectivity index (χ3n) is 2.49. The van der Waals surface area contributed by atoms with E-state index in [1.165, 1.54) is 0 Å². The SMILES string of the molecule is CC(C)(C)OC(=O)N[C@H](Cc1ccccc1)C(=O)CBr. The van der Waals surface area contributed by atoms with Gasteiger partial charge in [-0.3, -0.25) is 4.79 Å². The van der Waals surface area contributed by atoms with Crippen molar-refractivity contribution in [2.45, 2.75) is 38.8 Å². The molecule has 0 radical (unpaired) electrons. The molecule has 4 nitrogen and oxygen atoms in total. The van der Waals surface area contributed by atoms with Gasteiger partial charge in [0.15, 0.2) is 5.78 Å². The van der Waals surface area contributed by atoms with Gasteiger partial charge in [0.1, 0.15) is 5.60 Å². The smallest absolute Gasteiger partial charge is 0.408 e. The number of benzene rings is 1. The van der Waals surface area contributed by atoms with Crippen LogP contribution >= 0.6 is 15.9 Å². The molecule has 0 heterocycles. The average molecular weight is 342 g/mol. The molecule has 0 fully saturated rings. The Labute approximate surface area is 128 Å². The van der Waals surface area contributed by atoms with Crippen LogP contribution in [0.15, 0.2) is 30.3 Å². The van der Waals surface area contributed by atoms with Crippen molar-refractivity contribution >= 4 is 27.8 Å². The van der Waals surface area contributed by atoms with Gasteiger partial charge in [-0.2, -0.15) is 0 Å². The van der Waals surface area contributed by atoms with Crippen LogP contribution < -0.4 is 5.32 Å². The van der Waals surface area contributed by atoms with Gasteiger partial charge in [-0.1, -0.05) is 46.3 Å². The standard InChI is InChI=1S/C15H20BrNO3/c1-15(2,3)20-14(19)17-12(13(18)10-16)9-11-7-5-4-6-8-11/h4-8,12H,9-10H2,1-3H3,(H,17,19)/t12-/m1/s1. The van der Waals surface area contributed by atoms with Crippen LogP contribution in [0.2, 0.25) is 0 Å². The molecule has 110 valence electrons. The van der Waals surface area contributed by atoms with Crippen molar-refractivity contribution in [3.8, 4) is 0 Å². The minimum Gasteiger partial charge on any atom is -0.444 e. The number of nitrogens with one attached hydrogen (secondary N) is 1. The minimum atomic E-state index is -0.591. The molecule has 1 atom stereocenters. The summed E-state index contributed by atoms with van der Waals surface area (Å²) in [4.78, 5) is 23.7. The predicted molar refractivity (Wildman–Crippen MR) is 82.1 cm³/mol. The fourth-order valence-corrected chi connectivity index (χ4v) is 2.03. The summed E-state index contributed by atoms with van der Waals surface area (Å²) in [6, 6.07) is 8.96. The lowest BCUT2D eigenvalue weighted by Gasteiger charge is -2.23. The molecular formula is C15H20BrNO3. The van der Waals surface area contributed by atoms with E-state index in [0.29, 0.717) is 6.42 Å². The largest absolute Gasteiger partial charge is 0.444 e. The lowest BCUT2D eigenvalue weighted by atomic mass is 10.0. The van der Waals surface area contributed by atoms with Crippen LogP contribution in [0.5, 0.6) is 0 Å². The molecule has 0 spiro atoms. The first-order chi connectivity index (χ1) is 9.31. The zero-order valence-corrected chi connectivity index (χ0v) is 13.6. The summed E-state index contributed by atoms with van der Waals surface area (Å²) in [6.45, 7) is 5.35. The molecule has 20 heavy (non-hydrogen) atoms. The maximum Gasteiger partial charge on any atom is 0.408 e. The van der Waals surface area contributed by atoms with Crippen molar-refractivity contribution in [1.82, 2.24) is 5.32 Å². The van der Waals surface area contributed by atoms with Gasteiger partial charge >= 0.3 is 6.09 Å². The highest BCUT2D eigenvalue weighted by atomic mass is 79.9. The van der Waals surface area contributed by atoms with E-state index in [1.807, 2.05) is 30.3 Å². The third kappa shape index (κ3) is 6.19. The Kier molecular flexibility index (Phi) is 6.20. The Hall–Kier alpha value is -1.36. The van der Waals surface area contributed by atoms with Crippen LogP contribution in [0.4, 0.5) is 4.79 Å². The zero-order valence-electron chi connectivity index (χ0n) is 12.0. The summed E-state index contributed by atoms with van der Waals surface area (Å²) in [7, 11) is 0. The second-order valence-corrected chi connectivity index (χ2v) is 6.05. The van der Waals surface area contributed by atoms with E-state index in [-0.39, 0.29) is 11.1 Å². The van der Waals surface area contributed by atoms with Crippen molar-refractivity contribution < 1.29 is 14.3 Å². The number of Topliss-reactive ketones (excluding diaryl/α,β-unsaturated/α-hetero) is 1. The van der Waals surface area contributed by atoms with E-state index in [2.05, 4.69) is 21.2 Å². The Bertz CT molecular complexity index is 454. The zero-order chi connectivity index (χ0) is 15.2. The molecule has 1 amide bonds. The molecule has 1 rings (SSSR count). The first-order valence-corrected chi connectivity index (χ1v) is 7.56. The quantitative estimate of drug-likeness (QED) is 0.837. The predicted octanol–water partition coefficient (Wildman–Crippen LogP) is 3.09. The number of carbonyl (C=O) groups excluding carboxylic acids is 2. The molecule has 0 aliphatic carbocycles. The number of alkyl halides is 1. The Morgan fingerprint density at radius 2 is 1.85 bits per heavy atom. The van der Waals surface area contributed by atoms with Crippen LogP contribution in [0.25, 0.3) is 0 Å². The average Bonchev–Trinajstić information content (AvgIpc) is 2.36. The minimum absolute atomic E-state index is 0.0836. The molecule has 0 aliphatic heterocycles. The highest BCUT2D eigenvalue weighted by Gasteiger charge is 2.23. The second-order valence-electron chi connectivity index (χ2n) is 5.49. The van der Waals surface area contributed by atoms with Crippen molar-refractivity contribution in [2.75, 3.05) is 5.33 Å². The van der Waals surface area contributed by atoms with Gasteiger partial charge in [0, 0.05) is 0 Å². The van der Waals surface area contributed by atoms with Gasteiger partial charge < -0.3 is 10.1 Å². The topological polar surface area (TPSA) is 55.4 Å². The molecule has 5 heteroatoms. The molecule has 1 aromatic rings. The number of hydrogen-bond donors (Lipinski definition) is 1. The van der Waals surface area contributed by atoms with E-state index in [1.54, 1.807) is 20.8 Å². The Balaban J connectivity index is 2.70. The number of hydrogen-bond acceptors (Lipinski definition) is 3. The first kappa shape index (κ1) is 16.7. The number of alkyl carbamates (subject to hydrolysis) is 1. The lowest BCUT2D eigenvalue weighted by molar-refractivity contribution is -0.118. The maximum atomic E-state index is 11.9. The molecule has 0 aliphatic rings. The van der Waals surface area contributed by atoms with E-state index in [4.69, 9.17) is 4.74 Å². The molecule has 0 saturated carbocycles. The summed E-state index contributed by atoms with van der Waals surface area (Å²) < 4.78 is 5.18. The van der Waals surface area contributed by atoms with Crippen molar-refractivity contribution in [3.63, 3.8) is 0 Å². The van der Waals surface area contributed by atoms with E-state index < -0.39 is 17.7 Å². The second kappa shape index (κ2) is 7.43. The molecule has 1 aromatic carbocycles. The molecular weight excluding hydrogens is 322 g/mol. The van der Waals surface area contributed by atoms with Gasteiger partial charge in [0.25, 0.3) is 0 Å². The number of halogens is 1. The number of carbonyl (C=O) groups is 2. The van der Waals surface area contributed by atoms with Crippen LogP contribution in [0, 0.1) is 0 Å². The number of rotatable bonds is 5. The fourth-order valence-electron chi connectivity index (χ4n) is 1.64. The molecule has 0 aromatic heterocycles. The van der Waals surface area contributed by atoms with Crippen molar-refractivity contribution in [3.05, 3.63) is 35.9 Å². The molecule has 0 unspecified atom stereocenters. The summed E-state index contributed by atoms with van der Waals surface area (Å²) in [6.07, 6.45) is -0.127. The maximum absolute atomic E-state index is 11.9. The molecule has 0 bridgehead atoms. The van der Waals surface area contributed by atoms with Crippen LogP contribution in [-0.2, 0) is 16.0 Å². The van der Waals surface area contributed by atoms with Crippen LogP contribution in [-0.4, -0.2) is 28.8 Å². The highest BCUT2D eigenvalue weighted by Crippen LogP contribution is 2.09. The third-order valence-corrected chi connectivity index (χ3v) is 3.05. The highest BCUT2D eigenvalue weighted by molar-refractivity contribution is 9.09. The summed E-state index contributed by atoms with van der Waals surface area (Å²) in [5, 5.41) is 2.83.